The van der Waals surface area contributed by atoms with E-state index in [0.29, 0.717) is 16.2 Å². The molecule has 0 radical (unpaired) electrons. The topological polar surface area (TPSA) is 20.2 Å². The quantitative estimate of drug-likeness (QED) is 0.814. The lowest BCUT2D eigenvalue weighted by Crippen LogP contribution is -2.41. The van der Waals surface area contributed by atoms with Crippen molar-refractivity contribution in [3.8, 4) is 0 Å². The third kappa shape index (κ3) is 2.38. The standard InChI is InChI=1S/C8H6BrF5OS/c1-3-2-4(9)5(16-3)6(15)7(10,11)8(12,13)14/h2,6,15H,1H3. The van der Waals surface area contributed by atoms with Crippen molar-refractivity contribution in [2.45, 2.75) is 25.1 Å². The Morgan fingerprint density at radius 3 is 2.12 bits per heavy atom. The monoisotopic (exact) mass is 324 g/mol. The Kier molecular flexibility index (Phi) is 3.66. The van der Waals surface area contributed by atoms with Crippen LogP contribution in [0.3, 0.4) is 0 Å². The Balaban J connectivity index is 3.11. The summed E-state index contributed by atoms with van der Waals surface area (Å²) < 4.78 is 61.6. The van der Waals surface area contributed by atoms with Crippen molar-refractivity contribution in [2.24, 2.45) is 0 Å². The van der Waals surface area contributed by atoms with Gasteiger partial charge >= 0.3 is 12.1 Å². The minimum atomic E-state index is -5.77. The molecular weight excluding hydrogens is 319 g/mol. The van der Waals surface area contributed by atoms with E-state index < -0.39 is 23.1 Å². The van der Waals surface area contributed by atoms with E-state index in [2.05, 4.69) is 15.9 Å². The molecule has 16 heavy (non-hydrogen) atoms. The van der Waals surface area contributed by atoms with Gasteiger partial charge in [0.1, 0.15) is 0 Å². The second kappa shape index (κ2) is 4.23. The van der Waals surface area contributed by atoms with Crippen LogP contribution in [0.5, 0.6) is 0 Å². The van der Waals surface area contributed by atoms with Gasteiger partial charge in [0.05, 0.1) is 4.88 Å². The zero-order valence-corrected chi connectivity index (χ0v) is 10.2. The molecular formula is C8H6BrF5OS. The molecule has 8 heteroatoms. The summed E-state index contributed by atoms with van der Waals surface area (Å²) >= 11 is 3.52. The van der Waals surface area contributed by atoms with Crippen LogP contribution in [0.2, 0.25) is 0 Å². The molecule has 1 nitrogen and oxygen atoms in total. The van der Waals surface area contributed by atoms with Crippen LogP contribution < -0.4 is 0 Å². The molecule has 1 unspecified atom stereocenters. The lowest BCUT2D eigenvalue weighted by atomic mass is 10.1. The molecule has 0 spiro atoms. The minimum absolute atomic E-state index is 0.0476. The first-order valence-corrected chi connectivity index (χ1v) is 5.56. The van der Waals surface area contributed by atoms with Crippen LogP contribution in [0, 0.1) is 6.92 Å². The maximum Gasteiger partial charge on any atom is 0.456 e. The lowest BCUT2D eigenvalue weighted by Gasteiger charge is -2.24. The molecule has 0 aromatic carbocycles. The summed E-state index contributed by atoms with van der Waals surface area (Å²) in [6.07, 6.45) is -8.66. The summed E-state index contributed by atoms with van der Waals surface area (Å²) in [5, 5.41) is 9.09. The molecule has 1 aromatic rings. The molecule has 0 aliphatic rings. The lowest BCUT2D eigenvalue weighted by molar-refractivity contribution is -0.314. The van der Waals surface area contributed by atoms with E-state index in [4.69, 9.17) is 5.11 Å². The number of alkyl halides is 5. The fourth-order valence-corrected chi connectivity index (χ4v) is 2.90. The van der Waals surface area contributed by atoms with Gasteiger partial charge in [0.25, 0.3) is 0 Å². The van der Waals surface area contributed by atoms with Crippen LogP contribution in [0.15, 0.2) is 10.5 Å². The second-order valence-corrected chi connectivity index (χ2v) is 5.23. The number of aryl methyl sites for hydroxylation is 1. The van der Waals surface area contributed by atoms with Crippen LogP contribution in [0.4, 0.5) is 22.0 Å². The summed E-state index contributed by atoms with van der Waals surface area (Å²) in [7, 11) is 0. The maximum atomic E-state index is 12.8. The molecule has 0 amide bonds. The van der Waals surface area contributed by atoms with Crippen LogP contribution >= 0.6 is 27.3 Å². The van der Waals surface area contributed by atoms with Gasteiger partial charge in [0, 0.05) is 9.35 Å². The fraction of sp³-hybridized carbons (Fsp3) is 0.500. The van der Waals surface area contributed by atoms with Gasteiger partial charge < -0.3 is 5.11 Å². The highest BCUT2D eigenvalue weighted by Crippen LogP contribution is 2.47. The molecule has 0 aliphatic carbocycles. The number of thiophene rings is 1. The third-order valence-electron chi connectivity index (χ3n) is 1.81. The molecule has 0 saturated heterocycles. The first-order chi connectivity index (χ1) is 7.07. The third-order valence-corrected chi connectivity index (χ3v) is 3.83. The van der Waals surface area contributed by atoms with Crippen molar-refractivity contribution < 1.29 is 27.1 Å². The SMILES string of the molecule is Cc1cc(Br)c(C(O)C(F)(F)C(F)(F)F)s1. The Bertz CT molecular complexity index is 386. The predicted molar refractivity (Wildman–Crippen MR) is 52.7 cm³/mol. The van der Waals surface area contributed by atoms with Crippen LogP contribution in [0.25, 0.3) is 0 Å². The van der Waals surface area contributed by atoms with Gasteiger partial charge in [-0.25, -0.2) is 0 Å². The van der Waals surface area contributed by atoms with Gasteiger partial charge in [-0.2, -0.15) is 22.0 Å². The average molecular weight is 325 g/mol. The Hall–Kier alpha value is -0.210. The van der Waals surface area contributed by atoms with Crippen LogP contribution in [-0.2, 0) is 0 Å². The number of rotatable bonds is 2. The highest BCUT2D eigenvalue weighted by atomic mass is 79.9. The summed E-state index contributed by atoms with van der Waals surface area (Å²) in [6.45, 7) is 1.54. The van der Waals surface area contributed by atoms with Crippen molar-refractivity contribution in [2.75, 3.05) is 0 Å². The zero-order chi connectivity index (χ0) is 12.7. The molecule has 1 heterocycles. The summed E-state index contributed by atoms with van der Waals surface area (Å²) in [5.74, 6) is -5.16. The molecule has 1 atom stereocenters. The van der Waals surface area contributed by atoms with Crippen LogP contribution in [0.1, 0.15) is 15.9 Å². The molecule has 0 fully saturated rings. The van der Waals surface area contributed by atoms with Gasteiger partial charge in [-0.15, -0.1) is 11.3 Å². The van der Waals surface area contributed by atoms with Gasteiger partial charge in [-0.3, -0.25) is 0 Å². The summed E-state index contributed by atoms with van der Waals surface area (Å²) in [4.78, 5) is 0.0960. The average Bonchev–Trinajstić information content (AvgIpc) is 2.41. The number of hydrogen-bond acceptors (Lipinski definition) is 2. The van der Waals surface area contributed by atoms with Gasteiger partial charge in [-0.05, 0) is 28.9 Å². The normalized spacial score (nSPS) is 15.2. The molecule has 1 rings (SSSR count). The van der Waals surface area contributed by atoms with E-state index in [1.165, 1.54) is 13.0 Å². The highest BCUT2D eigenvalue weighted by molar-refractivity contribution is 9.10. The molecule has 0 aliphatic heterocycles. The molecule has 0 bridgehead atoms. The number of halogens is 6. The van der Waals surface area contributed by atoms with E-state index in [9.17, 15) is 22.0 Å². The number of aliphatic hydroxyl groups excluding tert-OH is 1. The highest BCUT2D eigenvalue weighted by Gasteiger charge is 2.63. The van der Waals surface area contributed by atoms with E-state index in [-0.39, 0.29) is 4.47 Å². The van der Waals surface area contributed by atoms with Gasteiger partial charge in [0.15, 0.2) is 6.10 Å². The minimum Gasteiger partial charge on any atom is -0.381 e. The van der Waals surface area contributed by atoms with Crippen molar-refractivity contribution >= 4 is 27.3 Å². The zero-order valence-electron chi connectivity index (χ0n) is 7.78. The van der Waals surface area contributed by atoms with Gasteiger partial charge in [-0.1, -0.05) is 0 Å². The van der Waals surface area contributed by atoms with Crippen molar-refractivity contribution in [3.63, 3.8) is 0 Å². The smallest absolute Gasteiger partial charge is 0.381 e. The summed E-state index contributed by atoms with van der Waals surface area (Å²) in [6, 6.07) is 1.37. The number of hydrogen-bond donors (Lipinski definition) is 1. The van der Waals surface area contributed by atoms with Crippen molar-refractivity contribution in [3.05, 3.63) is 20.3 Å². The largest absolute Gasteiger partial charge is 0.456 e. The first-order valence-electron chi connectivity index (χ1n) is 3.96. The summed E-state index contributed by atoms with van der Waals surface area (Å²) in [5.41, 5.74) is 0. The fourth-order valence-electron chi connectivity index (χ4n) is 1.01. The van der Waals surface area contributed by atoms with E-state index in [0.717, 1.165) is 0 Å². The van der Waals surface area contributed by atoms with Crippen molar-refractivity contribution in [1.29, 1.82) is 0 Å². The Labute approximate surface area is 100 Å². The Morgan fingerprint density at radius 1 is 1.31 bits per heavy atom. The second-order valence-electron chi connectivity index (χ2n) is 3.09. The van der Waals surface area contributed by atoms with Gasteiger partial charge in [0.2, 0.25) is 0 Å². The van der Waals surface area contributed by atoms with Crippen LogP contribution in [-0.4, -0.2) is 17.2 Å². The molecule has 1 aromatic heterocycles. The molecule has 1 N–H and O–H groups in total. The van der Waals surface area contributed by atoms with E-state index in [1.54, 1.807) is 0 Å². The maximum absolute atomic E-state index is 12.8. The van der Waals surface area contributed by atoms with E-state index in [1.807, 2.05) is 0 Å². The molecule has 0 saturated carbocycles. The molecule has 92 valence electrons. The van der Waals surface area contributed by atoms with Crippen molar-refractivity contribution in [1.82, 2.24) is 0 Å². The first kappa shape index (κ1) is 13.9. The van der Waals surface area contributed by atoms with E-state index >= 15 is 0 Å². The predicted octanol–water partition coefficient (Wildman–Crippen LogP) is 4.05. The number of aliphatic hydroxyl groups is 1. The Morgan fingerprint density at radius 2 is 1.81 bits per heavy atom.